The van der Waals surface area contributed by atoms with Gasteiger partial charge in [-0.15, -0.1) is 0 Å². The van der Waals surface area contributed by atoms with Gasteiger partial charge >= 0.3 is 5.97 Å². The maximum absolute atomic E-state index is 11.7. The van der Waals surface area contributed by atoms with Gasteiger partial charge in [0.15, 0.2) is 0 Å². The van der Waals surface area contributed by atoms with Crippen molar-refractivity contribution in [3.8, 4) is 0 Å². The summed E-state index contributed by atoms with van der Waals surface area (Å²) in [6.45, 7) is 2.66. The average molecular weight is 311 g/mol. The van der Waals surface area contributed by atoms with Gasteiger partial charge in [0.1, 0.15) is 11.9 Å². The first-order valence-corrected chi connectivity index (χ1v) is 7.43. The maximum atomic E-state index is 11.7. The van der Waals surface area contributed by atoms with Crippen molar-refractivity contribution in [3.05, 3.63) is 28.8 Å². The van der Waals surface area contributed by atoms with Crippen LogP contribution in [-0.2, 0) is 14.3 Å². The molecule has 0 amide bonds. The van der Waals surface area contributed by atoms with E-state index in [1.54, 1.807) is 25.1 Å². The number of hydrogen-bond donors (Lipinski definition) is 2. The minimum Gasteiger partial charge on any atom is -0.461 e. The van der Waals surface area contributed by atoms with E-state index in [1.807, 2.05) is 0 Å². The van der Waals surface area contributed by atoms with Gasteiger partial charge in [-0.05, 0) is 44.4 Å². The molecule has 1 fully saturated rings. The zero-order chi connectivity index (χ0) is 15.2. The van der Waals surface area contributed by atoms with E-state index in [2.05, 4.69) is 5.32 Å². The number of ether oxygens (including phenoxy) is 2. The van der Waals surface area contributed by atoms with Gasteiger partial charge in [0.2, 0.25) is 0 Å². The van der Waals surface area contributed by atoms with Gasteiger partial charge in [-0.25, -0.2) is 4.79 Å². The van der Waals surface area contributed by atoms with Crippen LogP contribution in [0.3, 0.4) is 0 Å². The lowest BCUT2D eigenvalue weighted by molar-refractivity contribution is -0.135. The van der Waals surface area contributed by atoms with Gasteiger partial charge in [-0.2, -0.15) is 0 Å². The van der Waals surface area contributed by atoms with Crippen LogP contribution in [0.4, 0.5) is 5.69 Å². The summed E-state index contributed by atoms with van der Waals surface area (Å²) < 4.78 is 10.5. The predicted octanol–water partition coefficient (Wildman–Crippen LogP) is 3.21. The molecule has 114 valence electrons. The van der Waals surface area contributed by atoms with Gasteiger partial charge in [-0.1, -0.05) is 11.6 Å². The third kappa shape index (κ3) is 4.19. The first-order chi connectivity index (χ1) is 10.1. The fourth-order valence-electron chi connectivity index (χ4n) is 2.20. The van der Waals surface area contributed by atoms with E-state index in [4.69, 9.17) is 26.5 Å². The number of hydrogen-bond acceptors (Lipinski definition) is 5. The molecule has 1 aromatic carbocycles. The minimum atomic E-state index is -0.646. The summed E-state index contributed by atoms with van der Waals surface area (Å²) in [5, 5.41) is 11.7. The second-order valence-electron chi connectivity index (χ2n) is 4.78. The number of benzene rings is 1. The van der Waals surface area contributed by atoms with Crippen molar-refractivity contribution in [1.82, 2.24) is 0 Å². The molecule has 1 aliphatic rings. The Morgan fingerprint density at radius 1 is 1.52 bits per heavy atom. The van der Waals surface area contributed by atoms with Crippen LogP contribution in [0.15, 0.2) is 18.2 Å². The second-order valence-corrected chi connectivity index (χ2v) is 5.22. The molecule has 1 saturated heterocycles. The van der Waals surface area contributed by atoms with E-state index >= 15 is 0 Å². The number of rotatable bonds is 5. The summed E-state index contributed by atoms with van der Waals surface area (Å²) in [4.78, 5) is 11.7. The van der Waals surface area contributed by atoms with Gasteiger partial charge in [0.05, 0.1) is 6.61 Å². The van der Waals surface area contributed by atoms with Crippen molar-refractivity contribution in [3.63, 3.8) is 0 Å². The number of esters is 1. The molecule has 0 aromatic heterocycles. The molecule has 21 heavy (non-hydrogen) atoms. The van der Waals surface area contributed by atoms with Crippen LogP contribution in [0.2, 0.25) is 5.02 Å². The van der Waals surface area contributed by atoms with Crippen molar-refractivity contribution < 1.29 is 14.3 Å². The van der Waals surface area contributed by atoms with Crippen molar-refractivity contribution in [2.75, 3.05) is 18.5 Å². The Bertz CT molecular complexity index is 528. The van der Waals surface area contributed by atoms with E-state index in [1.165, 1.54) is 0 Å². The lowest BCUT2D eigenvalue weighted by atomic mass is 10.1. The fourth-order valence-corrected chi connectivity index (χ4v) is 2.37. The molecule has 0 aliphatic carbocycles. The first kappa shape index (κ1) is 15.8. The molecule has 5 nitrogen and oxygen atoms in total. The number of halogens is 1. The quantitative estimate of drug-likeness (QED) is 0.647. The molecule has 1 atom stereocenters. The van der Waals surface area contributed by atoms with Crippen LogP contribution in [0.1, 0.15) is 31.7 Å². The van der Waals surface area contributed by atoms with Crippen molar-refractivity contribution in [2.45, 2.75) is 32.4 Å². The molecular formula is C15H19ClN2O3. The predicted molar refractivity (Wildman–Crippen MR) is 82.1 cm³/mol. The Morgan fingerprint density at radius 2 is 2.33 bits per heavy atom. The van der Waals surface area contributed by atoms with Crippen LogP contribution in [0, 0.1) is 5.41 Å². The van der Waals surface area contributed by atoms with Gasteiger partial charge < -0.3 is 14.8 Å². The molecule has 0 spiro atoms. The smallest absolute Gasteiger partial charge is 0.356 e. The summed E-state index contributed by atoms with van der Waals surface area (Å²) in [6.07, 6.45) is 2.91. The van der Waals surface area contributed by atoms with Crippen molar-refractivity contribution >= 4 is 29.0 Å². The number of carbonyl (C=O) groups excluding carboxylic acids is 1. The molecule has 1 heterocycles. The van der Waals surface area contributed by atoms with Gasteiger partial charge in [0.25, 0.3) is 0 Å². The normalized spacial score (nSPS) is 18.1. The SMILES string of the molecule is CCOC(=O)C(=N)c1ccc(Cl)cc1NC1CCCCO1. The summed E-state index contributed by atoms with van der Waals surface area (Å²) >= 11 is 6.01. The highest BCUT2D eigenvalue weighted by Crippen LogP contribution is 2.25. The third-order valence-electron chi connectivity index (χ3n) is 3.23. The first-order valence-electron chi connectivity index (χ1n) is 7.05. The van der Waals surface area contributed by atoms with Crippen molar-refractivity contribution in [2.24, 2.45) is 0 Å². The minimum absolute atomic E-state index is 0.119. The van der Waals surface area contributed by atoms with E-state index in [9.17, 15) is 4.79 Å². The topological polar surface area (TPSA) is 71.4 Å². The number of anilines is 1. The Kier molecular flexibility index (Phi) is 5.59. The highest BCUT2D eigenvalue weighted by molar-refractivity contribution is 6.43. The van der Waals surface area contributed by atoms with E-state index in [-0.39, 0.29) is 18.5 Å². The summed E-state index contributed by atoms with van der Waals surface area (Å²) in [6, 6.07) is 4.99. The number of carbonyl (C=O) groups is 1. The fraction of sp³-hybridized carbons (Fsp3) is 0.467. The molecule has 1 unspecified atom stereocenters. The largest absolute Gasteiger partial charge is 0.461 e. The summed E-state index contributed by atoms with van der Waals surface area (Å²) in [5.74, 6) is -0.646. The molecule has 1 aliphatic heterocycles. The Morgan fingerprint density at radius 3 is 3.00 bits per heavy atom. The second kappa shape index (κ2) is 7.43. The summed E-state index contributed by atoms with van der Waals surface area (Å²) in [5.41, 5.74) is 0.895. The van der Waals surface area contributed by atoms with Gasteiger partial charge in [-0.3, -0.25) is 5.41 Å². The molecule has 6 heteroatoms. The van der Waals surface area contributed by atoms with Crippen molar-refractivity contribution in [1.29, 1.82) is 5.41 Å². The van der Waals surface area contributed by atoms with E-state index in [0.717, 1.165) is 19.3 Å². The van der Waals surface area contributed by atoms with E-state index in [0.29, 0.717) is 22.9 Å². The maximum Gasteiger partial charge on any atom is 0.356 e. The Hall–Kier alpha value is -1.59. The molecular weight excluding hydrogens is 292 g/mol. The third-order valence-corrected chi connectivity index (χ3v) is 3.46. The standard InChI is InChI=1S/C15H19ClN2O3/c1-2-20-15(19)14(17)11-7-6-10(16)9-12(11)18-13-5-3-4-8-21-13/h6-7,9,13,17-18H,2-5,8H2,1H3. The average Bonchev–Trinajstić information content (AvgIpc) is 2.48. The van der Waals surface area contributed by atoms with Crippen LogP contribution < -0.4 is 5.32 Å². The van der Waals surface area contributed by atoms with Crippen LogP contribution >= 0.6 is 11.6 Å². The highest BCUT2D eigenvalue weighted by atomic mass is 35.5. The Labute approximate surface area is 129 Å². The number of nitrogens with one attached hydrogen (secondary N) is 2. The lowest BCUT2D eigenvalue weighted by Crippen LogP contribution is -2.28. The highest BCUT2D eigenvalue weighted by Gasteiger charge is 2.20. The van der Waals surface area contributed by atoms with Crippen LogP contribution in [0.25, 0.3) is 0 Å². The van der Waals surface area contributed by atoms with E-state index < -0.39 is 5.97 Å². The summed E-state index contributed by atoms with van der Waals surface area (Å²) in [7, 11) is 0. The monoisotopic (exact) mass is 310 g/mol. The zero-order valence-electron chi connectivity index (χ0n) is 11.9. The molecule has 0 bridgehead atoms. The molecule has 0 radical (unpaired) electrons. The molecule has 0 saturated carbocycles. The van der Waals surface area contributed by atoms with Crippen LogP contribution in [0.5, 0.6) is 0 Å². The zero-order valence-corrected chi connectivity index (χ0v) is 12.7. The molecule has 1 aromatic rings. The van der Waals surface area contributed by atoms with Gasteiger partial charge in [0, 0.05) is 22.9 Å². The lowest BCUT2D eigenvalue weighted by Gasteiger charge is -2.25. The molecule has 2 N–H and O–H groups in total. The Balaban J connectivity index is 2.20. The van der Waals surface area contributed by atoms with Crippen LogP contribution in [-0.4, -0.2) is 31.1 Å². The molecule has 2 rings (SSSR count).